The van der Waals surface area contributed by atoms with Crippen molar-refractivity contribution in [3.8, 4) is 47.4 Å². The summed E-state index contributed by atoms with van der Waals surface area (Å²) in [6.07, 6.45) is 4.47. The molecule has 0 aromatic rings. The van der Waals surface area contributed by atoms with Gasteiger partial charge in [0.25, 0.3) is 0 Å². The average Bonchev–Trinajstić information content (AvgIpc) is 2.44. The molecular formula is C20H26. The van der Waals surface area contributed by atoms with Gasteiger partial charge >= 0.3 is 0 Å². The first-order valence-electron chi connectivity index (χ1n) is 7.38. The molecule has 0 amide bonds. The van der Waals surface area contributed by atoms with Crippen LogP contribution < -0.4 is 0 Å². The molecule has 2 unspecified atom stereocenters. The Kier molecular flexibility index (Phi) is 10.1. The summed E-state index contributed by atoms with van der Waals surface area (Å²) >= 11 is 0. The van der Waals surface area contributed by atoms with Gasteiger partial charge in [-0.05, 0) is 34.1 Å². The highest BCUT2D eigenvalue weighted by Gasteiger charge is 2.27. The Morgan fingerprint density at radius 1 is 0.900 bits per heavy atom. The fraction of sp³-hybridized carbons (Fsp3) is 0.600. The third-order valence-corrected chi connectivity index (χ3v) is 3.31. The predicted molar refractivity (Wildman–Crippen MR) is 88.5 cm³/mol. The molecule has 0 fully saturated rings. The summed E-state index contributed by atoms with van der Waals surface area (Å²) in [6, 6.07) is 0. The molecule has 0 aromatic heterocycles. The molecule has 0 N–H and O–H groups in total. The van der Waals surface area contributed by atoms with E-state index in [1.807, 2.05) is 13.8 Å². The first-order chi connectivity index (χ1) is 9.60. The largest absolute Gasteiger partial charge is 0.107 e. The van der Waals surface area contributed by atoms with Crippen LogP contribution in [0, 0.1) is 58.7 Å². The lowest BCUT2D eigenvalue weighted by Crippen LogP contribution is -2.22. The summed E-state index contributed by atoms with van der Waals surface area (Å²) in [4.78, 5) is 0. The Bertz CT molecular complexity index is 507. The van der Waals surface area contributed by atoms with Crippen molar-refractivity contribution in [1.82, 2.24) is 0 Å². The number of hydrogen-bond donors (Lipinski definition) is 0. The van der Waals surface area contributed by atoms with Gasteiger partial charge in [0.15, 0.2) is 0 Å². The van der Waals surface area contributed by atoms with E-state index in [0.717, 1.165) is 32.1 Å². The molecule has 0 spiro atoms. The van der Waals surface area contributed by atoms with Crippen molar-refractivity contribution in [2.24, 2.45) is 11.3 Å². The fourth-order valence-electron chi connectivity index (χ4n) is 1.81. The first-order valence-corrected chi connectivity index (χ1v) is 7.38. The van der Waals surface area contributed by atoms with Crippen LogP contribution in [0.25, 0.3) is 0 Å². The summed E-state index contributed by atoms with van der Waals surface area (Å²) in [5.41, 5.74) is -0.0783. The van der Waals surface area contributed by atoms with Crippen molar-refractivity contribution in [1.29, 1.82) is 0 Å². The highest BCUT2D eigenvalue weighted by Crippen LogP contribution is 2.31. The molecule has 0 saturated heterocycles. The minimum absolute atomic E-state index is 0.0783. The SMILES string of the molecule is CC#CCCC#CC(C)(CCC#CCC)C(C)C#CC. The second kappa shape index (κ2) is 11.1. The minimum atomic E-state index is -0.0783. The molecule has 0 heteroatoms. The quantitative estimate of drug-likeness (QED) is 0.513. The van der Waals surface area contributed by atoms with Crippen molar-refractivity contribution in [3.63, 3.8) is 0 Å². The highest BCUT2D eigenvalue weighted by molar-refractivity contribution is 5.19. The topological polar surface area (TPSA) is 0 Å². The molecule has 0 aliphatic rings. The van der Waals surface area contributed by atoms with Crippen LogP contribution in [0.1, 0.15) is 66.7 Å². The average molecular weight is 266 g/mol. The van der Waals surface area contributed by atoms with Gasteiger partial charge in [-0.3, -0.25) is 0 Å². The van der Waals surface area contributed by atoms with Gasteiger partial charge in [-0.2, -0.15) is 0 Å². The van der Waals surface area contributed by atoms with Crippen LogP contribution in [0.2, 0.25) is 0 Å². The molecule has 0 rings (SSSR count). The van der Waals surface area contributed by atoms with E-state index >= 15 is 0 Å². The maximum atomic E-state index is 3.43. The zero-order valence-corrected chi connectivity index (χ0v) is 13.6. The summed E-state index contributed by atoms with van der Waals surface area (Å²) in [7, 11) is 0. The van der Waals surface area contributed by atoms with E-state index < -0.39 is 0 Å². The Hall–Kier alpha value is -1.76. The zero-order valence-electron chi connectivity index (χ0n) is 13.6. The van der Waals surface area contributed by atoms with E-state index in [-0.39, 0.29) is 11.3 Å². The molecule has 0 aromatic carbocycles. The number of hydrogen-bond acceptors (Lipinski definition) is 0. The van der Waals surface area contributed by atoms with Crippen molar-refractivity contribution in [2.75, 3.05) is 0 Å². The van der Waals surface area contributed by atoms with Gasteiger partial charge in [-0.15, -0.1) is 35.5 Å². The van der Waals surface area contributed by atoms with Crippen molar-refractivity contribution in [3.05, 3.63) is 0 Å². The molecule has 0 aliphatic carbocycles. The van der Waals surface area contributed by atoms with Crippen LogP contribution in [-0.2, 0) is 0 Å². The maximum absolute atomic E-state index is 3.43. The van der Waals surface area contributed by atoms with Crippen molar-refractivity contribution in [2.45, 2.75) is 66.7 Å². The number of unbranched alkanes of at least 4 members (excludes halogenated alkanes) is 1. The van der Waals surface area contributed by atoms with Gasteiger partial charge in [0, 0.05) is 37.0 Å². The molecule has 0 radical (unpaired) electrons. The monoisotopic (exact) mass is 266 g/mol. The van der Waals surface area contributed by atoms with Crippen LogP contribution >= 0.6 is 0 Å². The van der Waals surface area contributed by atoms with E-state index in [2.05, 4.69) is 68.1 Å². The second-order valence-electron chi connectivity index (χ2n) is 4.97. The number of rotatable bonds is 4. The Labute approximate surface area is 126 Å². The third kappa shape index (κ3) is 7.63. The minimum Gasteiger partial charge on any atom is -0.107 e. The molecule has 0 nitrogen and oxygen atoms in total. The molecule has 0 saturated carbocycles. The van der Waals surface area contributed by atoms with Gasteiger partial charge in [0.05, 0.1) is 0 Å². The van der Waals surface area contributed by atoms with E-state index in [1.54, 1.807) is 0 Å². The van der Waals surface area contributed by atoms with E-state index in [1.165, 1.54) is 0 Å². The summed E-state index contributed by atoms with van der Waals surface area (Å²) in [5, 5.41) is 0. The van der Waals surface area contributed by atoms with Crippen LogP contribution in [0.3, 0.4) is 0 Å². The van der Waals surface area contributed by atoms with E-state index in [4.69, 9.17) is 0 Å². The van der Waals surface area contributed by atoms with Gasteiger partial charge in [0.2, 0.25) is 0 Å². The Balaban J connectivity index is 4.82. The van der Waals surface area contributed by atoms with Crippen molar-refractivity contribution >= 4 is 0 Å². The summed E-state index contributed by atoms with van der Waals surface area (Å²) < 4.78 is 0. The lowest BCUT2D eigenvalue weighted by Gasteiger charge is -2.26. The summed E-state index contributed by atoms with van der Waals surface area (Å²) in [6.45, 7) is 10.2. The lowest BCUT2D eigenvalue weighted by molar-refractivity contribution is 0.333. The van der Waals surface area contributed by atoms with Crippen LogP contribution in [-0.4, -0.2) is 0 Å². The predicted octanol–water partition coefficient (Wildman–Crippen LogP) is 4.65. The van der Waals surface area contributed by atoms with Gasteiger partial charge < -0.3 is 0 Å². The maximum Gasteiger partial charge on any atom is 0.0430 e. The highest BCUT2D eigenvalue weighted by atomic mass is 14.3. The van der Waals surface area contributed by atoms with E-state index in [9.17, 15) is 0 Å². The van der Waals surface area contributed by atoms with Crippen molar-refractivity contribution < 1.29 is 0 Å². The second-order valence-corrected chi connectivity index (χ2v) is 4.97. The third-order valence-electron chi connectivity index (χ3n) is 3.31. The Morgan fingerprint density at radius 2 is 1.60 bits per heavy atom. The van der Waals surface area contributed by atoms with Crippen LogP contribution in [0.15, 0.2) is 0 Å². The summed E-state index contributed by atoms with van der Waals surface area (Å²) in [5.74, 6) is 25.5. The molecular weight excluding hydrogens is 240 g/mol. The van der Waals surface area contributed by atoms with Gasteiger partial charge in [-0.25, -0.2) is 0 Å². The molecule has 2 atom stereocenters. The first kappa shape index (κ1) is 18.2. The molecule has 0 bridgehead atoms. The molecule has 20 heavy (non-hydrogen) atoms. The molecule has 106 valence electrons. The standard InChI is InChI=1S/C20H26/c1-6-9-11-13-15-18-20(5,19(4)16-8-3)17-14-12-10-7-2/h19H,7,11,13-14,17H2,1-5H3. The zero-order chi connectivity index (χ0) is 15.3. The lowest BCUT2D eigenvalue weighted by atomic mass is 9.75. The van der Waals surface area contributed by atoms with Crippen LogP contribution in [0.4, 0.5) is 0 Å². The Morgan fingerprint density at radius 3 is 2.20 bits per heavy atom. The van der Waals surface area contributed by atoms with Crippen LogP contribution in [0.5, 0.6) is 0 Å². The fourth-order valence-corrected chi connectivity index (χ4v) is 1.81. The van der Waals surface area contributed by atoms with Gasteiger partial charge in [-0.1, -0.05) is 18.8 Å². The molecule has 0 aliphatic heterocycles. The van der Waals surface area contributed by atoms with E-state index in [0.29, 0.717) is 0 Å². The smallest absolute Gasteiger partial charge is 0.0430 e. The molecule has 0 heterocycles. The normalized spacial score (nSPS) is 12.8. The van der Waals surface area contributed by atoms with Gasteiger partial charge in [0.1, 0.15) is 0 Å².